The molecule has 2 rings (SSSR count). The minimum atomic E-state index is 0.818. The predicted octanol–water partition coefficient (Wildman–Crippen LogP) is 4.32. The van der Waals surface area contributed by atoms with Crippen molar-refractivity contribution in [3.63, 3.8) is 0 Å². The fraction of sp³-hybridized carbons (Fsp3) is 0.357. The van der Waals surface area contributed by atoms with Gasteiger partial charge >= 0.3 is 0 Å². The molecule has 1 aliphatic rings. The van der Waals surface area contributed by atoms with Gasteiger partial charge in [0, 0.05) is 17.2 Å². The van der Waals surface area contributed by atoms with Gasteiger partial charge in [-0.3, -0.25) is 0 Å². The predicted molar refractivity (Wildman–Crippen MR) is 69.6 cm³/mol. The number of benzene rings is 1. The van der Waals surface area contributed by atoms with Crippen LogP contribution in [-0.4, -0.2) is 5.71 Å². The Morgan fingerprint density at radius 2 is 2.12 bits per heavy atom. The summed E-state index contributed by atoms with van der Waals surface area (Å²) in [4.78, 5) is 0. The zero-order valence-corrected chi connectivity index (χ0v) is 10.3. The van der Waals surface area contributed by atoms with Crippen molar-refractivity contribution in [3.8, 4) is 0 Å². The number of allylic oxidation sites excluding steroid dienone is 2. The molecule has 0 atom stereocenters. The second kappa shape index (κ2) is 4.84. The Balaban J connectivity index is 2.15. The Labute approximate surface area is 102 Å². The molecule has 0 fully saturated rings. The van der Waals surface area contributed by atoms with Crippen LogP contribution in [0.1, 0.15) is 30.4 Å². The Kier molecular flexibility index (Phi) is 3.45. The van der Waals surface area contributed by atoms with Crippen LogP contribution >= 0.6 is 11.6 Å². The lowest BCUT2D eigenvalue weighted by Crippen LogP contribution is -2.04. The monoisotopic (exact) mass is 233 g/mol. The fourth-order valence-corrected chi connectivity index (χ4v) is 2.21. The van der Waals surface area contributed by atoms with Crippen LogP contribution in [-0.2, 0) is 6.42 Å². The SMILES string of the molecule is Cc1ccc(Cl)c(CC2=CCC(=N)CC2)c1. The highest BCUT2D eigenvalue weighted by atomic mass is 35.5. The van der Waals surface area contributed by atoms with E-state index in [0.29, 0.717) is 0 Å². The second-order valence-electron chi connectivity index (χ2n) is 4.44. The van der Waals surface area contributed by atoms with Gasteiger partial charge in [0.15, 0.2) is 0 Å². The number of nitrogens with one attached hydrogen (secondary N) is 1. The maximum atomic E-state index is 7.56. The third kappa shape index (κ3) is 2.73. The highest BCUT2D eigenvalue weighted by molar-refractivity contribution is 6.31. The Morgan fingerprint density at radius 1 is 1.31 bits per heavy atom. The van der Waals surface area contributed by atoms with Gasteiger partial charge in [-0.15, -0.1) is 0 Å². The van der Waals surface area contributed by atoms with Crippen molar-refractivity contribution < 1.29 is 0 Å². The van der Waals surface area contributed by atoms with Crippen LogP contribution in [0.2, 0.25) is 5.02 Å². The topological polar surface area (TPSA) is 23.9 Å². The molecule has 2 heteroatoms. The van der Waals surface area contributed by atoms with E-state index in [9.17, 15) is 0 Å². The van der Waals surface area contributed by atoms with Gasteiger partial charge in [-0.05, 0) is 37.8 Å². The van der Waals surface area contributed by atoms with Crippen molar-refractivity contribution in [1.29, 1.82) is 5.41 Å². The summed E-state index contributed by atoms with van der Waals surface area (Å²) in [5, 5.41) is 8.42. The number of hydrogen-bond acceptors (Lipinski definition) is 1. The lowest BCUT2D eigenvalue weighted by Gasteiger charge is -2.14. The minimum Gasteiger partial charge on any atom is -0.309 e. The largest absolute Gasteiger partial charge is 0.309 e. The number of aryl methyl sites for hydroxylation is 1. The molecule has 0 heterocycles. The van der Waals surface area contributed by atoms with E-state index < -0.39 is 0 Å². The van der Waals surface area contributed by atoms with Gasteiger partial charge in [-0.1, -0.05) is 40.9 Å². The molecule has 1 aromatic carbocycles. The molecule has 1 aliphatic carbocycles. The van der Waals surface area contributed by atoms with E-state index in [-0.39, 0.29) is 0 Å². The van der Waals surface area contributed by atoms with E-state index >= 15 is 0 Å². The smallest absolute Gasteiger partial charge is 0.0441 e. The van der Waals surface area contributed by atoms with Crippen molar-refractivity contribution in [2.24, 2.45) is 0 Å². The summed E-state index contributed by atoms with van der Waals surface area (Å²) in [6.07, 6.45) is 5.87. The van der Waals surface area contributed by atoms with Gasteiger partial charge in [-0.2, -0.15) is 0 Å². The van der Waals surface area contributed by atoms with Gasteiger partial charge in [-0.25, -0.2) is 0 Å². The molecule has 0 aliphatic heterocycles. The molecule has 0 saturated carbocycles. The molecule has 0 spiro atoms. The quantitative estimate of drug-likeness (QED) is 0.736. The second-order valence-corrected chi connectivity index (χ2v) is 4.85. The molecular formula is C14H16ClN. The highest BCUT2D eigenvalue weighted by Gasteiger charge is 2.10. The Morgan fingerprint density at radius 3 is 2.81 bits per heavy atom. The summed E-state index contributed by atoms with van der Waals surface area (Å²) in [7, 11) is 0. The molecule has 0 radical (unpaired) electrons. The summed E-state index contributed by atoms with van der Waals surface area (Å²) in [6, 6.07) is 6.16. The molecule has 1 nitrogen and oxygen atoms in total. The van der Waals surface area contributed by atoms with Crippen LogP contribution in [0.4, 0.5) is 0 Å². The summed E-state index contributed by atoms with van der Waals surface area (Å²) in [5.74, 6) is 0. The molecule has 84 valence electrons. The molecular weight excluding hydrogens is 218 g/mol. The van der Waals surface area contributed by atoms with E-state index in [4.69, 9.17) is 17.0 Å². The molecule has 1 N–H and O–H groups in total. The van der Waals surface area contributed by atoms with Gasteiger partial charge in [0.05, 0.1) is 0 Å². The van der Waals surface area contributed by atoms with E-state index in [1.54, 1.807) is 0 Å². The molecule has 0 aromatic heterocycles. The zero-order chi connectivity index (χ0) is 11.5. The zero-order valence-electron chi connectivity index (χ0n) is 9.52. The van der Waals surface area contributed by atoms with Crippen molar-refractivity contribution in [1.82, 2.24) is 0 Å². The number of hydrogen-bond donors (Lipinski definition) is 1. The average molecular weight is 234 g/mol. The molecule has 0 amide bonds. The van der Waals surface area contributed by atoms with E-state index in [1.807, 2.05) is 12.1 Å². The van der Waals surface area contributed by atoms with Crippen molar-refractivity contribution >= 4 is 17.3 Å². The first-order valence-electron chi connectivity index (χ1n) is 5.64. The van der Waals surface area contributed by atoms with Crippen molar-refractivity contribution in [2.75, 3.05) is 0 Å². The Bertz CT molecular complexity index is 446. The lowest BCUT2D eigenvalue weighted by molar-refractivity contribution is 0.897. The molecule has 0 saturated heterocycles. The van der Waals surface area contributed by atoms with Crippen molar-refractivity contribution in [2.45, 2.75) is 32.6 Å². The van der Waals surface area contributed by atoms with Crippen LogP contribution in [0.5, 0.6) is 0 Å². The lowest BCUT2D eigenvalue weighted by atomic mass is 9.92. The minimum absolute atomic E-state index is 0.818. The fourth-order valence-electron chi connectivity index (χ4n) is 2.03. The maximum Gasteiger partial charge on any atom is 0.0441 e. The third-order valence-electron chi connectivity index (χ3n) is 3.00. The van der Waals surface area contributed by atoms with E-state index in [2.05, 4.69) is 19.1 Å². The maximum absolute atomic E-state index is 7.56. The first kappa shape index (κ1) is 11.4. The molecule has 16 heavy (non-hydrogen) atoms. The summed E-state index contributed by atoms with van der Waals surface area (Å²) in [5.41, 5.74) is 4.73. The first-order valence-corrected chi connectivity index (χ1v) is 6.02. The summed E-state index contributed by atoms with van der Waals surface area (Å²) < 4.78 is 0. The standard InChI is InChI=1S/C14H16ClN/c1-10-2-7-14(15)12(8-10)9-11-3-5-13(16)6-4-11/h2-3,7-8,16H,4-6,9H2,1H3. The molecule has 0 unspecified atom stereocenters. The normalized spacial score (nSPS) is 16.1. The van der Waals surface area contributed by atoms with E-state index in [0.717, 1.165) is 36.4 Å². The number of rotatable bonds is 2. The highest BCUT2D eigenvalue weighted by Crippen LogP contribution is 2.24. The third-order valence-corrected chi connectivity index (χ3v) is 3.37. The average Bonchev–Trinajstić information content (AvgIpc) is 2.27. The van der Waals surface area contributed by atoms with Crippen LogP contribution in [0.3, 0.4) is 0 Å². The van der Waals surface area contributed by atoms with Gasteiger partial charge < -0.3 is 5.41 Å². The number of halogens is 1. The van der Waals surface area contributed by atoms with E-state index in [1.165, 1.54) is 16.7 Å². The van der Waals surface area contributed by atoms with Crippen molar-refractivity contribution in [3.05, 3.63) is 46.0 Å². The van der Waals surface area contributed by atoms with Gasteiger partial charge in [0.25, 0.3) is 0 Å². The summed E-state index contributed by atoms with van der Waals surface area (Å²) in [6.45, 7) is 2.09. The van der Waals surface area contributed by atoms with Crippen LogP contribution in [0, 0.1) is 12.3 Å². The van der Waals surface area contributed by atoms with Gasteiger partial charge in [0.1, 0.15) is 0 Å². The summed E-state index contributed by atoms with van der Waals surface area (Å²) >= 11 is 6.17. The first-order chi connectivity index (χ1) is 7.65. The van der Waals surface area contributed by atoms with Crippen LogP contribution in [0.15, 0.2) is 29.8 Å². The molecule has 1 aromatic rings. The van der Waals surface area contributed by atoms with Gasteiger partial charge in [0.2, 0.25) is 0 Å². The Hall–Kier alpha value is -1.08. The van der Waals surface area contributed by atoms with Crippen LogP contribution < -0.4 is 0 Å². The molecule has 0 bridgehead atoms. The van der Waals surface area contributed by atoms with Crippen LogP contribution in [0.25, 0.3) is 0 Å².